The highest BCUT2D eigenvalue weighted by molar-refractivity contribution is 5.87. The Morgan fingerprint density at radius 1 is 1.38 bits per heavy atom. The molecule has 1 aliphatic rings. The highest BCUT2D eigenvalue weighted by Crippen LogP contribution is 2.32. The molecule has 74 valence electrons. The predicted molar refractivity (Wildman–Crippen MR) is 55.6 cm³/mol. The zero-order valence-corrected chi connectivity index (χ0v) is 8.97. The first-order valence-electron chi connectivity index (χ1n) is 5.29. The van der Waals surface area contributed by atoms with Crippen molar-refractivity contribution in [2.24, 2.45) is 11.8 Å². The molecule has 0 saturated heterocycles. The summed E-state index contributed by atoms with van der Waals surface area (Å²) in [4.78, 5) is 10.9. The minimum atomic E-state index is 0.206. The van der Waals surface area contributed by atoms with Gasteiger partial charge in [-0.2, -0.15) is 0 Å². The van der Waals surface area contributed by atoms with Crippen LogP contribution in [0.1, 0.15) is 46.5 Å². The van der Waals surface area contributed by atoms with Gasteiger partial charge in [0.1, 0.15) is 0 Å². The van der Waals surface area contributed by atoms with E-state index in [2.05, 4.69) is 13.8 Å². The molecule has 1 fully saturated rings. The molecule has 0 N–H and O–H groups in total. The summed E-state index contributed by atoms with van der Waals surface area (Å²) in [5.74, 6) is 1.89. The number of carbonyl (C=O) groups excluding carboxylic acids is 1. The highest BCUT2D eigenvalue weighted by Gasteiger charge is 2.19. The number of rotatable bonds is 2. The van der Waals surface area contributed by atoms with Crippen LogP contribution in [0, 0.1) is 11.8 Å². The van der Waals surface area contributed by atoms with Crippen molar-refractivity contribution in [3.63, 3.8) is 0 Å². The van der Waals surface area contributed by atoms with E-state index in [4.69, 9.17) is 0 Å². The fraction of sp³-hybridized carbons (Fsp3) is 0.750. The van der Waals surface area contributed by atoms with Gasteiger partial charge in [-0.3, -0.25) is 4.79 Å². The lowest BCUT2D eigenvalue weighted by Crippen LogP contribution is -2.14. The van der Waals surface area contributed by atoms with E-state index in [-0.39, 0.29) is 5.78 Å². The number of ketones is 1. The van der Waals surface area contributed by atoms with Crippen LogP contribution in [-0.4, -0.2) is 5.78 Å². The molecule has 0 aromatic rings. The lowest BCUT2D eigenvalue weighted by Gasteiger charge is -2.26. The third kappa shape index (κ3) is 3.33. The molecule has 0 bridgehead atoms. The van der Waals surface area contributed by atoms with E-state index in [1.165, 1.54) is 18.4 Å². The largest absolute Gasteiger partial charge is 0.295 e. The van der Waals surface area contributed by atoms with Crippen LogP contribution in [0.2, 0.25) is 0 Å². The van der Waals surface area contributed by atoms with Gasteiger partial charge in [0.05, 0.1) is 0 Å². The summed E-state index contributed by atoms with van der Waals surface area (Å²) in [5, 5.41) is 0. The Hall–Kier alpha value is -0.590. The van der Waals surface area contributed by atoms with Crippen molar-refractivity contribution < 1.29 is 4.79 Å². The van der Waals surface area contributed by atoms with E-state index < -0.39 is 0 Å². The Morgan fingerprint density at radius 2 is 1.92 bits per heavy atom. The third-order valence-electron chi connectivity index (χ3n) is 3.02. The lowest BCUT2D eigenvalue weighted by molar-refractivity contribution is -0.112. The first-order valence-corrected chi connectivity index (χ1v) is 5.29. The highest BCUT2D eigenvalue weighted by atomic mass is 16.1. The van der Waals surface area contributed by atoms with Gasteiger partial charge in [-0.15, -0.1) is 0 Å². The molecule has 1 aliphatic carbocycles. The van der Waals surface area contributed by atoms with Crippen LogP contribution in [0.4, 0.5) is 0 Å². The molecular weight excluding hydrogens is 160 g/mol. The summed E-state index contributed by atoms with van der Waals surface area (Å²) in [5.41, 5.74) is 1.37. The normalized spacial score (nSPS) is 23.4. The first kappa shape index (κ1) is 10.5. The van der Waals surface area contributed by atoms with Crippen molar-refractivity contribution in [3.8, 4) is 0 Å². The van der Waals surface area contributed by atoms with Gasteiger partial charge in [-0.05, 0) is 50.5 Å². The summed E-state index contributed by atoms with van der Waals surface area (Å²) in [6, 6.07) is 0. The molecule has 1 rings (SSSR count). The molecule has 0 aromatic carbocycles. The van der Waals surface area contributed by atoms with E-state index in [1.54, 1.807) is 6.92 Å². The number of hydrogen-bond acceptors (Lipinski definition) is 1. The zero-order valence-electron chi connectivity index (χ0n) is 8.97. The molecule has 0 amide bonds. The summed E-state index contributed by atoms with van der Waals surface area (Å²) in [7, 11) is 0. The Balaban J connectivity index is 2.43. The van der Waals surface area contributed by atoms with E-state index in [0.29, 0.717) is 0 Å². The molecule has 0 radical (unpaired) electrons. The molecule has 0 aromatic heterocycles. The van der Waals surface area contributed by atoms with Crippen molar-refractivity contribution in [3.05, 3.63) is 11.6 Å². The second-order valence-corrected chi connectivity index (χ2v) is 4.49. The molecule has 1 saturated carbocycles. The van der Waals surface area contributed by atoms with Gasteiger partial charge in [0.2, 0.25) is 0 Å². The molecular formula is C12H20O. The van der Waals surface area contributed by atoms with Crippen LogP contribution < -0.4 is 0 Å². The second kappa shape index (κ2) is 4.59. The Labute approximate surface area is 81.2 Å². The van der Waals surface area contributed by atoms with Gasteiger partial charge in [-0.1, -0.05) is 19.4 Å². The number of carbonyl (C=O) groups is 1. The average Bonchev–Trinajstić information content (AvgIpc) is 2.04. The van der Waals surface area contributed by atoms with Crippen molar-refractivity contribution in [2.45, 2.75) is 46.5 Å². The zero-order chi connectivity index (χ0) is 9.84. The maximum absolute atomic E-state index is 10.9. The van der Waals surface area contributed by atoms with Gasteiger partial charge in [-0.25, -0.2) is 0 Å². The van der Waals surface area contributed by atoms with E-state index in [0.717, 1.165) is 24.7 Å². The van der Waals surface area contributed by atoms with E-state index in [1.807, 2.05) is 6.08 Å². The van der Waals surface area contributed by atoms with Crippen LogP contribution in [0.3, 0.4) is 0 Å². The second-order valence-electron chi connectivity index (χ2n) is 4.49. The van der Waals surface area contributed by atoms with Crippen LogP contribution in [-0.2, 0) is 4.79 Å². The topological polar surface area (TPSA) is 17.1 Å². The smallest absolute Gasteiger partial charge is 0.152 e. The quantitative estimate of drug-likeness (QED) is 0.596. The predicted octanol–water partition coefficient (Wildman–Crippen LogP) is 3.35. The van der Waals surface area contributed by atoms with Crippen LogP contribution in [0.15, 0.2) is 11.6 Å². The van der Waals surface area contributed by atoms with Crippen molar-refractivity contribution in [2.75, 3.05) is 0 Å². The van der Waals surface area contributed by atoms with Gasteiger partial charge in [0.25, 0.3) is 0 Å². The van der Waals surface area contributed by atoms with Crippen molar-refractivity contribution >= 4 is 5.78 Å². The number of allylic oxidation sites excluding steroid dienone is 2. The first-order chi connectivity index (χ1) is 6.09. The molecule has 0 heterocycles. The average molecular weight is 180 g/mol. The van der Waals surface area contributed by atoms with Gasteiger partial charge in [0, 0.05) is 0 Å². The summed E-state index contributed by atoms with van der Waals surface area (Å²) in [6.07, 6.45) is 6.66. The molecule has 1 heteroatoms. The maximum atomic E-state index is 10.9. The van der Waals surface area contributed by atoms with E-state index >= 15 is 0 Å². The SMILES string of the molecule is CC(=O)C=C1CCC(C(C)C)CC1. The molecule has 0 aliphatic heterocycles. The molecule has 0 unspecified atom stereocenters. The molecule has 0 spiro atoms. The van der Waals surface area contributed by atoms with Crippen LogP contribution in [0.5, 0.6) is 0 Å². The summed E-state index contributed by atoms with van der Waals surface area (Å²) < 4.78 is 0. The molecule has 1 nitrogen and oxygen atoms in total. The summed E-state index contributed by atoms with van der Waals surface area (Å²) >= 11 is 0. The fourth-order valence-corrected chi connectivity index (χ4v) is 2.11. The minimum Gasteiger partial charge on any atom is -0.295 e. The Kier molecular flexibility index (Phi) is 3.71. The monoisotopic (exact) mass is 180 g/mol. The van der Waals surface area contributed by atoms with Gasteiger partial charge >= 0.3 is 0 Å². The van der Waals surface area contributed by atoms with Crippen LogP contribution >= 0.6 is 0 Å². The fourth-order valence-electron chi connectivity index (χ4n) is 2.11. The lowest BCUT2D eigenvalue weighted by atomic mass is 9.79. The summed E-state index contributed by atoms with van der Waals surface area (Å²) in [6.45, 7) is 6.23. The van der Waals surface area contributed by atoms with Gasteiger partial charge < -0.3 is 0 Å². The third-order valence-corrected chi connectivity index (χ3v) is 3.02. The number of hydrogen-bond donors (Lipinski definition) is 0. The molecule has 13 heavy (non-hydrogen) atoms. The Morgan fingerprint density at radius 3 is 2.31 bits per heavy atom. The van der Waals surface area contributed by atoms with Crippen molar-refractivity contribution in [1.29, 1.82) is 0 Å². The standard InChI is InChI=1S/C12H20O/c1-9(2)12-6-4-11(5-7-12)8-10(3)13/h8-9,12H,4-7H2,1-3H3. The molecule has 0 atom stereocenters. The van der Waals surface area contributed by atoms with Crippen LogP contribution in [0.25, 0.3) is 0 Å². The Bertz CT molecular complexity index is 203. The van der Waals surface area contributed by atoms with E-state index in [9.17, 15) is 4.79 Å². The van der Waals surface area contributed by atoms with Crippen molar-refractivity contribution in [1.82, 2.24) is 0 Å². The van der Waals surface area contributed by atoms with Gasteiger partial charge in [0.15, 0.2) is 5.78 Å². The maximum Gasteiger partial charge on any atom is 0.152 e. The minimum absolute atomic E-state index is 0.206.